The second kappa shape index (κ2) is 7.35. The Labute approximate surface area is 182 Å². The molecule has 0 bridgehead atoms. The molecular formula is C23H20ClN3O4. The molecule has 1 aliphatic heterocycles. The highest BCUT2D eigenvalue weighted by molar-refractivity contribution is 6.32. The van der Waals surface area contributed by atoms with Crippen molar-refractivity contribution in [3.63, 3.8) is 0 Å². The number of H-pyrrole nitrogens is 1. The van der Waals surface area contributed by atoms with Crippen LogP contribution in [0.3, 0.4) is 0 Å². The van der Waals surface area contributed by atoms with Crippen LogP contribution in [0.25, 0.3) is 33.1 Å². The van der Waals surface area contributed by atoms with E-state index in [-0.39, 0.29) is 12.2 Å². The number of hydrogen-bond donors (Lipinski definition) is 2. The Hall–Kier alpha value is -3.45. The van der Waals surface area contributed by atoms with Gasteiger partial charge in [0.1, 0.15) is 12.4 Å². The molecule has 3 heterocycles. The zero-order valence-electron chi connectivity index (χ0n) is 17.0. The molecule has 0 unspecified atom stereocenters. The van der Waals surface area contributed by atoms with Crippen molar-refractivity contribution < 1.29 is 14.3 Å². The van der Waals surface area contributed by atoms with E-state index in [0.717, 1.165) is 17.8 Å². The summed E-state index contributed by atoms with van der Waals surface area (Å²) in [5.41, 5.74) is 4.29. The Morgan fingerprint density at radius 2 is 2.10 bits per heavy atom. The molecule has 2 aromatic heterocycles. The van der Waals surface area contributed by atoms with Crippen molar-refractivity contribution in [2.75, 3.05) is 25.1 Å². The second-order valence-corrected chi connectivity index (χ2v) is 7.80. The topological polar surface area (TPSA) is 85.4 Å². The minimum atomic E-state index is -0.520. The highest BCUT2D eigenvalue weighted by atomic mass is 35.5. The van der Waals surface area contributed by atoms with Gasteiger partial charge in [-0.2, -0.15) is 0 Å². The van der Waals surface area contributed by atoms with Crippen molar-refractivity contribution in [3.05, 3.63) is 57.3 Å². The van der Waals surface area contributed by atoms with Crippen LogP contribution in [0.4, 0.5) is 10.5 Å². The molecule has 2 N–H and O–H groups in total. The summed E-state index contributed by atoms with van der Waals surface area (Å²) in [6.07, 6.45) is -0.520. The molecule has 2 aromatic carbocycles. The Bertz CT molecular complexity index is 1420. The number of aromatic nitrogens is 2. The normalized spacial score (nSPS) is 13.0. The average molecular weight is 438 g/mol. The van der Waals surface area contributed by atoms with Crippen LogP contribution in [-0.4, -0.2) is 35.4 Å². The van der Waals surface area contributed by atoms with E-state index in [1.54, 1.807) is 32.0 Å². The summed E-state index contributed by atoms with van der Waals surface area (Å²) in [6.45, 7) is 5.01. The Kier molecular flexibility index (Phi) is 4.63. The van der Waals surface area contributed by atoms with Gasteiger partial charge < -0.3 is 19.8 Å². The average Bonchev–Trinajstić information content (AvgIpc) is 3.07. The first-order valence-electron chi connectivity index (χ1n) is 10.0. The summed E-state index contributed by atoms with van der Waals surface area (Å²) in [4.78, 5) is 28.8. The maximum atomic E-state index is 13.0. The van der Waals surface area contributed by atoms with E-state index in [2.05, 4.69) is 10.3 Å². The number of anilines is 1. The lowest BCUT2D eigenvalue weighted by Crippen LogP contribution is -2.18. The van der Waals surface area contributed by atoms with Crippen molar-refractivity contribution in [1.29, 1.82) is 0 Å². The molecule has 0 atom stereocenters. The van der Waals surface area contributed by atoms with Crippen LogP contribution < -0.4 is 15.6 Å². The van der Waals surface area contributed by atoms with Crippen molar-refractivity contribution in [2.45, 2.75) is 13.8 Å². The highest BCUT2D eigenvalue weighted by Crippen LogP contribution is 2.39. The first-order chi connectivity index (χ1) is 15.0. The zero-order valence-corrected chi connectivity index (χ0v) is 17.8. The zero-order chi connectivity index (χ0) is 21.7. The Morgan fingerprint density at radius 1 is 1.26 bits per heavy atom. The lowest BCUT2D eigenvalue weighted by molar-refractivity contribution is 0.156. The maximum absolute atomic E-state index is 13.0. The molecular weight excluding hydrogens is 418 g/mol. The monoisotopic (exact) mass is 437 g/mol. The number of halogens is 1. The Balaban J connectivity index is 1.92. The number of hydrogen-bond acceptors (Lipinski definition) is 5. The number of ether oxygens (including phenoxy) is 2. The van der Waals surface area contributed by atoms with Crippen molar-refractivity contribution >= 4 is 45.3 Å². The number of benzene rings is 2. The van der Waals surface area contributed by atoms with Crippen molar-refractivity contribution in [1.82, 2.24) is 9.55 Å². The van der Waals surface area contributed by atoms with E-state index in [1.807, 2.05) is 18.2 Å². The van der Waals surface area contributed by atoms with E-state index in [0.29, 0.717) is 50.4 Å². The molecule has 5 rings (SSSR count). The molecule has 0 saturated heterocycles. The minimum Gasteiger partial charge on any atom is -0.490 e. The first kappa shape index (κ1) is 19.5. The van der Waals surface area contributed by atoms with Gasteiger partial charge in [-0.05, 0) is 49.7 Å². The van der Waals surface area contributed by atoms with Crippen LogP contribution >= 0.6 is 11.6 Å². The standard InChI is InChI=1S/C23H20ClN3O4/c1-3-30-23(29)27-17-7-5-14(24)11-15(17)20-21(27)19(12(2)22(28)26-20)13-4-6-16-18(10-13)31-9-8-25-16/h4-7,10-11,25H,3,8-9H2,1-2H3,(H,26,28). The van der Waals surface area contributed by atoms with Gasteiger partial charge in [-0.3, -0.25) is 4.79 Å². The number of nitrogens with one attached hydrogen (secondary N) is 2. The number of nitrogens with zero attached hydrogens (tertiary/aromatic N) is 1. The molecule has 7 nitrogen and oxygen atoms in total. The van der Waals surface area contributed by atoms with Gasteiger partial charge in [0.2, 0.25) is 0 Å². The third-order valence-corrected chi connectivity index (χ3v) is 5.75. The summed E-state index contributed by atoms with van der Waals surface area (Å²) >= 11 is 6.24. The highest BCUT2D eigenvalue weighted by Gasteiger charge is 2.24. The smallest absolute Gasteiger partial charge is 0.419 e. The van der Waals surface area contributed by atoms with Gasteiger partial charge in [0.05, 0.1) is 28.8 Å². The third kappa shape index (κ3) is 3.04. The van der Waals surface area contributed by atoms with E-state index in [1.165, 1.54) is 4.57 Å². The number of carbonyl (C=O) groups is 1. The SMILES string of the molecule is CCOC(=O)n1c2ccc(Cl)cc2c2[nH]c(=O)c(C)c(-c3ccc4c(c3)OCCN4)c21. The molecule has 0 radical (unpaired) electrons. The van der Waals surface area contributed by atoms with Crippen molar-refractivity contribution in [2.24, 2.45) is 0 Å². The predicted molar refractivity (Wildman–Crippen MR) is 122 cm³/mol. The lowest BCUT2D eigenvalue weighted by atomic mass is 9.99. The van der Waals surface area contributed by atoms with E-state index < -0.39 is 6.09 Å². The summed E-state index contributed by atoms with van der Waals surface area (Å²) < 4.78 is 12.6. The largest absolute Gasteiger partial charge is 0.490 e. The summed E-state index contributed by atoms with van der Waals surface area (Å²) in [7, 11) is 0. The van der Waals surface area contributed by atoms with E-state index in [9.17, 15) is 9.59 Å². The van der Waals surface area contributed by atoms with E-state index in [4.69, 9.17) is 21.1 Å². The summed E-state index contributed by atoms with van der Waals surface area (Å²) in [6, 6.07) is 10.9. The van der Waals surface area contributed by atoms with Gasteiger partial charge in [-0.25, -0.2) is 9.36 Å². The van der Waals surface area contributed by atoms with Gasteiger partial charge in [-0.15, -0.1) is 0 Å². The molecule has 0 fully saturated rings. The van der Waals surface area contributed by atoms with E-state index >= 15 is 0 Å². The van der Waals surface area contributed by atoms with Gasteiger partial charge in [0.25, 0.3) is 5.56 Å². The van der Waals surface area contributed by atoms with Crippen molar-refractivity contribution in [3.8, 4) is 16.9 Å². The molecule has 4 aromatic rings. The molecule has 1 aliphatic rings. The van der Waals surface area contributed by atoms with Crippen LogP contribution in [0.1, 0.15) is 12.5 Å². The van der Waals surface area contributed by atoms with Gasteiger partial charge in [0.15, 0.2) is 0 Å². The summed E-state index contributed by atoms with van der Waals surface area (Å²) in [5, 5.41) is 4.47. The molecule has 0 aliphatic carbocycles. The molecule has 8 heteroatoms. The van der Waals surface area contributed by atoms with Crippen LogP contribution in [0.5, 0.6) is 5.75 Å². The quantitative estimate of drug-likeness (QED) is 0.465. The fourth-order valence-electron chi connectivity index (χ4n) is 4.15. The molecule has 31 heavy (non-hydrogen) atoms. The molecule has 158 valence electrons. The van der Waals surface area contributed by atoms with Crippen LogP contribution in [0.15, 0.2) is 41.2 Å². The number of carbonyl (C=O) groups excluding carboxylic acids is 1. The number of rotatable bonds is 2. The van der Waals surface area contributed by atoms with Crippen LogP contribution in [0, 0.1) is 6.92 Å². The fourth-order valence-corrected chi connectivity index (χ4v) is 4.32. The van der Waals surface area contributed by atoms with Crippen LogP contribution in [0.2, 0.25) is 5.02 Å². The number of pyridine rings is 1. The third-order valence-electron chi connectivity index (χ3n) is 5.52. The molecule has 0 amide bonds. The summed E-state index contributed by atoms with van der Waals surface area (Å²) in [5.74, 6) is 0.707. The first-order valence-corrected chi connectivity index (χ1v) is 10.4. The predicted octanol–water partition coefficient (Wildman–Crippen LogP) is 4.92. The lowest BCUT2D eigenvalue weighted by Gasteiger charge is -2.20. The molecule has 0 saturated carbocycles. The fraction of sp³-hybridized carbons (Fsp3) is 0.217. The number of aromatic amines is 1. The Morgan fingerprint density at radius 3 is 2.90 bits per heavy atom. The van der Waals surface area contributed by atoms with Crippen LogP contribution in [-0.2, 0) is 4.74 Å². The number of fused-ring (bicyclic) bond motifs is 4. The minimum absolute atomic E-state index is 0.226. The second-order valence-electron chi connectivity index (χ2n) is 7.36. The van der Waals surface area contributed by atoms with Gasteiger partial charge in [0, 0.05) is 28.1 Å². The van der Waals surface area contributed by atoms with Gasteiger partial charge >= 0.3 is 6.09 Å². The molecule has 0 spiro atoms. The maximum Gasteiger partial charge on any atom is 0.419 e. The van der Waals surface area contributed by atoms with Gasteiger partial charge in [-0.1, -0.05) is 17.7 Å².